The maximum atomic E-state index is 6.23. The third-order valence-electron chi connectivity index (χ3n) is 2.84. The molecule has 3 heteroatoms. The van der Waals surface area contributed by atoms with E-state index >= 15 is 0 Å². The number of rotatable bonds is 2. The number of nitrogens with zero attached hydrogens (tertiary/aromatic N) is 1. The summed E-state index contributed by atoms with van der Waals surface area (Å²) in [6.45, 7) is 1.69. The summed E-state index contributed by atoms with van der Waals surface area (Å²) >= 11 is 0. The Morgan fingerprint density at radius 3 is 2.87 bits per heavy atom. The summed E-state index contributed by atoms with van der Waals surface area (Å²) in [5.74, 6) is 1.33. The Morgan fingerprint density at radius 2 is 2.13 bits per heavy atom. The highest BCUT2D eigenvalue weighted by molar-refractivity contribution is 5.37. The zero-order valence-electron chi connectivity index (χ0n) is 9.31. The van der Waals surface area contributed by atoms with E-state index in [1.807, 2.05) is 18.2 Å². The van der Waals surface area contributed by atoms with Gasteiger partial charge in [0, 0.05) is 24.1 Å². The van der Waals surface area contributed by atoms with Gasteiger partial charge in [-0.25, -0.2) is 0 Å². The van der Waals surface area contributed by atoms with Crippen LogP contribution < -0.4 is 10.5 Å². The second-order valence-corrected chi connectivity index (χ2v) is 4.40. The van der Waals surface area contributed by atoms with Crippen LogP contribution in [0.5, 0.6) is 5.75 Å². The van der Waals surface area contributed by atoms with Crippen LogP contribution in [0.1, 0.15) is 11.6 Å². The van der Waals surface area contributed by atoms with Crippen LogP contribution in [0.25, 0.3) is 0 Å². The lowest BCUT2D eigenvalue weighted by atomic mass is 9.91. The predicted molar refractivity (Wildman–Crippen MR) is 60.9 cm³/mol. The molecule has 3 nitrogen and oxygen atoms in total. The number of para-hydroxylation sites is 1. The molecule has 0 radical (unpaired) electrons. The molecule has 1 heterocycles. The molecule has 0 spiro atoms. The lowest BCUT2D eigenvalue weighted by Gasteiger charge is -2.32. The molecule has 2 atom stereocenters. The molecule has 0 unspecified atom stereocenters. The summed E-state index contributed by atoms with van der Waals surface area (Å²) in [5.41, 5.74) is 7.37. The number of hydrogen-bond donors (Lipinski definition) is 1. The van der Waals surface area contributed by atoms with E-state index in [1.54, 1.807) is 0 Å². The van der Waals surface area contributed by atoms with Gasteiger partial charge in [-0.2, -0.15) is 0 Å². The van der Waals surface area contributed by atoms with Gasteiger partial charge in [0.25, 0.3) is 0 Å². The zero-order valence-corrected chi connectivity index (χ0v) is 9.31. The van der Waals surface area contributed by atoms with Gasteiger partial charge in [-0.1, -0.05) is 18.2 Å². The summed E-state index contributed by atoms with van der Waals surface area (Å²) < 4.78 is 5.70. The summed E-state index contributed by atoms with van der Waals surface area (Å²) in [6.07, 6.45) is 0. The number of benzene rings is 1. The van der Waals surface area contributed by atoms with Gasteiger partial charge < -0.3 is 15.4 Å². The monoisotopic (exact) mass is 206 g/mol. The van der Waals surface area contributed by atoms with Gasteiger partial charge in [-0.15, -0.1) is 0 Å². The molecule has 1 aliphatic rings. The summed E-state index contributed by atoms with van der Waals surface area (Å²) in [7, 11) is 4.13. The SMILES string of the molecule is CN(C)C[C@@H]1COc2ccccc2[C@@H]1N. The van der Waals surface area contributed by atoms with Crippen LogP contribution in [0.4, 0.5) is 0 Å². The second-order valence-electron chi connectivity index (χ2n) is 4.40. The van der Waals surface area contributed by atoms with Crippen LogP contribution >= 0.6 is 0 Å². The van der Waals surface area contributed by atoms with Crippen LogP contribution in [0.2, 0.25) is 0 Å². The molecule has 0 aliphatic carbocycles. The van der Waals surface area contributed by atoms with E-state index in [9.17, 15) is 0 Å². The van der Waals surface area contributed by atoms with Gasteiger partial charge in [0.2, 0.25) is 0 Å². The summed E-state index contributed by atoms with van der Waals surface area (Å²) in [4.78, 5) is 2.15. The van der Waals surface area contributed by atoms with Crippen molar-refractivity contribution in [2.75, 3.05) is 27.2 Å². The van der Waals surface area contributed by atoms with E-state index in [2.05, 4.69) is 25.1 Å². The average molecular weight is 206 g/mol. The van der Waals surface area contributed by atoms with Crippen molar-refractivity contribution in [3.8, 4) is 5.75 Å². The van der Waals surface area contributed by atoms with E-state index in [1.165, 1.54) is 0 Å². The van der Waals surface area contributed by atoms with Crippen LogP contribution in [0.3, 0.4) is 0 Å². The number of hydrogen-bond acceptors (Lipinski definition) is 3. The molecular weight excluding hydrogens is 188 g/mol. The van der Waals surface area contributed by atoms with Crippen molar-refractivity contribution in [2.45, 2.75) is 6.04 Å². The Kier molecular flexibility index (Phi) is 2.93. The maximum Gasteiger partial charge on any atom is 0.124 e. The Hall–Kier alpha value is -1.06. The van der Waals surface area contributed by atoms with Crippen molar-refractivity contribution >= 4 is 0 Å². The maximum absolute atomic E-state index is 6.23. The van der Waals surface area contributed by atoms with Crippen LogP contribution in [-0.2, 0) is 0 Å². The van der Waals surface area contributed by atoms with E-state index in [4.69, 9.17) is 10.5 Å². The van der Waals surface area contributed by atoms with E-state index < -0.39 is 0 Å². The standard InChI is InChI=1S/C12H18N2O/c1-14(2)7-9-8-15-11-6-4-3-5-10(11)12(9)13/h3-6,9,12H,7-8,13H2,1-2H3/t9-,12-/m1/s1. The van der Waals surface area contributed by atoms with Crippen molar-refractivity contribution in [1.29, 1.82) is 0 Å². The lowest BCUT2D eigenvalue weighted by Crippen LogP contribution is -2.37. The topological polar surface area (TPSA) is 38.5 Å². The smallest absolute Gasteiger partial charge is 0.124 e. The van der Waals surface area contributed by atoms with Gasteiger partial charge in [0.15, 0.2) is 0 Å². The van der Waals surface area contributed by atoms with Gasteiger partial charge in [-0.3, -0.25) is 0 Å². The van der Waals surface area contributed by atoms with Crippen molar-refractivity contribution in [3.05, 3.63) is 29.8 Å². The molecule has 2 rings (SSSR count). The highest BCUT2D eigenvalue weighted by atomic mass is 16.5. The van der Waals surface area contributed by atoms with Crippen LogP contribution in [0.15, 0.2) is 24.3 Å². The highest BCUT2D eigenvalue weighted by Crippen LogP contribution is 2.33. The molecule has 0 fully saturated rings. The third-order valence-corrected chi connectivity index (χ3v) is 2.84. The van der Waals surface area contributed by atoms with E-state index in [-0.39, 0.29) is 6.04 Å². The van der Waals surface area contributed by atoms with Crippen molar-refractivity contribution in [1.82, 2.24) is 4.90 Å². The number of fused-ring (bicyclic) bond motifs is 1. The molecule has 0 aromatic heterocycles. The van der Waals surface area contributed by atoms with Gasteiger partial charge in [0.1, 0.15) is 5.75 Å². The van der Waals surface area contributed by atoms with Gasteiger partial charge in [0.05, 0.1) is 6.61 Å². The highest BCUT2D eigenvalue weighted by Gasteiger charge is 2.27. The third kappa shape index (κ3) is 2.13. The summed E-state index contributed by atoms with van der Waals surface area (Å²) in [5, 5.41) is 0. The molecule has 0 saturated carbocycles. The zero-order chi connectivity index (χ0) is 10.8. The quantitative estimate of drug-likeness (QED) is 0.791. The average Bonchev–Trinajstić information content (AvgIpc) is 2.22. The lowest BCUT2D eigenvalue weighted by molar-refractivity contribution is 0.163. The normalized spacial score (nSPS) is 24.8. The molecule has 0 amide bonds. The fraction of sp³-hybridized carbons (Fsp3) is 0.500. The predicted octanol–water partition coefficient (Wildman–Crippen LogP) is 1.26. The fourth-order valence-electron chi connectivity index (χ4n) is 2.08. The molecule has 0 saturated heterocycles. The fourth-order valence-corrected chi connectivity index (χ4v) is 2.08. The molecule has 1 aromatic rings. The first-order valence-corrected chi connectivity index (χ1v) is 5.30. The first kappa shape index (κ1) is 10.5. The van der Waals surface area contributed by atoms with Crippen molar-refractivity contribution in [2.24, 2.45) is 11.7 Å². The first-order valence-electron chi connectivity index (χ1n) is 5.30. The Morgan fingerprint density at radius 1 is 1.40 bits per heavy atom. The molecule has 1 aromatic carbocycles. The minimum Gasteiger partial charge on any atom is -0.493 e. The first-order chi connectivity index (χ1) is 7.18. The number of nitrogens with two attached hydrogens (primary N) is 1. The Bertz CT molecular complexity index is 338. The van der Waals surface area contributed by atoms with Gasteiger partial charge in [-0.05, 0) is 20.2 Å². The van der Waals surface area contributed by atoms with Gasteiger partial charge >= 0.3 is 0 Å². The van der Waals surface area contributed by atoms with E-state index in [0.717, 1.165) is 24.5 Å². The van der Waals surface area contributed by atoms with Crippen molar-refractivity contribution < 1.29 is 4.74 Å². The largest absolute Gasteiger partial charge is 0.493 e. The molecular formula is C12H18N2O. The Balaban J connectivity index is 2.18. The minimum absolute atomic E-state index is 0.0948. The van der Waals surface area contributed by atoms with Crippen molar-refractivity contribution in [3.63, 3.8) is 0 Å². The Labute approximate surface area is 90.8 Å². The second kappa shape index (κ2) is 4.21. The number of ether oxygens (including phenoxy) is 1. The molecule has 2 N–H and O–H groups in total. The molecule has 15 heavy (non-hydrogen) atoms. The minimum atomic E-state index is 0.0948. The van der Waals surface area contributed by atoms with E-state index in [0.29, 0.717) is 5.92 Å². The van der Waals surface area contributed by atoms with Crippen LogP contribution in [-0.4, -0.2) is 32.1 Å². The molecule has 82 valence electrons. The van der Waals surface area contributed by atoms with Crippen LogP contribution in [0, 0.1) is 5.92 Å². The summed E-state index contributed by atoms with van der Waals surface area (Å²) in [6, 6.07) is 8.14. The molecule has 1 aliphatic heterocycles. The molecule has 0 bridgehead atoms.